The van der Waals surface area contributed by atoms with Crippen LogP contribution in [-0.2, 0) is 0 Å². The van der Waals surface area contributed by atoms with Gasteiger partial charge in [-0.15, -0.1) is 0 Å². The average molecular weight is 251 g/mol. The quantitative estimate of drug-likeness (QED) is 0.816. The molecule has 1 rings (SSSR count). The summed E-state index contributed by atoms with van der Waals surface area (Å²) in [6, 6.07) is 6.46. The summed E-state index contributed by atoms with van der Waals surface area (Å²) in [4.78, 5) is 0. The largest absolute Gasteiger partial charge is 0.496 e. The van der Waals surface area contributed by atoms with Gasteiger partial charge in [-0.3, -0.25) is 0 Å². The minimum Gasteiger partial charge on any atom is -0.496 e. The maximum atomic E-state index is 9.37. The third kappa shape index (κ3) is 3.72. The van der Waals surface area contributed by atoms with Crippen molar-refractivity contribution in [2.45, 2.75) is 39.8 Å². The molecule has 0 aliphatic heterocycles. The molecule has 0 saturated heterocycles. The Morgan fingerprint density at radius 1 is 1.28 bits per heavy atom. The van der Waals surface area contributed by atoms with Crippen molar-refractivity contribution < 1.29 is 9.84 Å². The Labute approximate surface area is 110 Å². The van der Waals surface area contributed by atoms with Gasteiger partial charge in [0.2, 0.25) is 0 Å². The SMILES string of the molecule is COc1cc(C)ccc1C(C)N[C@H](CO)C(C)C. The van der Waals surface area contributed by atoms with Crippen molar-refractivity contribution in [2.75, 3.05) is 13.7 Å². The van der Waals surface area contributed by atoms with Crippen LogP contribution in [0.4, 0.5) is 0 Å². The zero-order valence-corrected chi connectivity index (χ0v) is 12.0. The van der Waals surface area contributed by atoms with E-state index in [2.05, 4.69) is 45.1 Å². The number of aliphatic hydroxyl groups is 1. The van der Waals surface area contributed by atoms with Crippen molar-refractivity contribution in [3.8, 4) is 5.75 Å². The van der Waals surface area contributed by atoms with Gasteiger partial charge in [-0.25, -0.2) is 0 Å². The molecule has 1 unspecified atom stereocenters. The predicted octanol–water partition coefficient (Wildman–Crippen LogP) is 2.67. The van der Waals surface area contributed by atoms with E-state index >= 15 is 0 Å². The van der Waals surface area contributed by atoms with Gasteiger partial charge in [0.25, 0.3) is 0 Å². The van der Waals surface area contributed by atoms with E-state index in [1.807, 2.05) is 6.07 Å². The summed E-state index contributed by atoms with van der Waals surface area (Å²) in [5, 5.41) is 12.8. The van der Waals surface area contributed by atoms with Crippen molar-refractivity contribution in [3.63, 3.8) is 0 Å². The molecule has 2 N–H and O–H groups in total. The van der Waals surface area contributed by atoms with E-state index in [4.69, 9.17) is 4.74 Å². The summed E-state index contributed by atoms with van der Waals surface area (Å²) in [6.07, 6.45) is 0. The van der Waals surface area contributed by atoms with Gasteiger partial charge in [0.05, 0.1) is 13.7 Å². The highest BCUT2D eigenvalue weighted by atomic mass is 16.5. The number of rotatable bonds is 6. The Morgan fingerprint density at radius 3 is 2.44 bits per heavy atom. The van der Waals surface area contributed by atoms with Crippen LogP contribution < -0.4 is 10.1 Å². The lowest BCUT2D eigenvalue weighted by atomic mass is 10.0. The normalized spacial score (nSPS) is 14.6. The number of benzene rings is 1. The monoisotopic (exact) mass is 251 g/mol. The van der Waals surface area contributed by atoms with Crippen LogP contribution in [0.1, 0.15) is 37.9 Å². The first-order valence-electron chi connectivity index (χ1n) is 6.51. The average Bonchev–Trinajstić information content (AvgIpc) is 2.34. The molecule has 1 aromatic rings. The van der Waals surface area contributed by atoms with Crippen LogP contribution in [0, 0.1) is 12.8 Å². The number of methoxy groups -OCH3 is 1. The Kier molecular flexibility index (Phi) is 5.63. The van der Waals surface area contributed by atoms with E-state index in [-0.39, 0.29) is 18.7 Å². The maximum absolute atomic E-state index is 9.37. The molecular formula is C15H25NO2. The fraction of sp³-hybridized carbons (Fsp3) is 0.600. The second kappa shape index (κ2) is 6.76. The molecule has 0 saturated carbocycles. The summed E-state index contributed by atoms with van der Waals surface area (Å²) in [6.45, 7) is 8.50. The van der Waals surface area contributed by atoms with Crippen LogP contribution in [0.3, 0.4) is 0 Å². The van der Waals surface area contributed by atoms with E-state index in [0.29, 0.717) is 5.92 Å². The van der Waals surface area contributed by atoms with Crippen LogP contribution in [0.15, 0.2) is 18.2 Å². The van der Waals surface area contributed by atoms with Gasteiger partial charge in [0.1, 0.15) is 5.75 Å². The first-order valence-corrected chi connectivity index (χ1v) is 6.51. The van der Waals surface area contributed by atoms with E-state index in [9.17, 15) is 5.11 Å². The number of ether oxygens (including phenoxy) is 1. The van der Waals surface area contributed by atoms with E-state index < -0.39 is 0 Å². The first kappa shape index (κ1) is 15.0. The highest BCUT2D eigenvalue weighted by Crippen LogP contribution is 2.26. The third-order valence-electron chi connectivity index (χ3n) is 3.32. The molecule has 1 aromatic carbocycles. The Morgan fingerprint density at radius 2 is 1.94 bits per heavy atom. The topological polar surface area (TPSA) is 41.5 Å². The van der Waals surface area contributed by atoms with Gasteiger partial charge >= 0.3 is 0 Å². The van der Waals surface area contributed by atoms with Crippen molar-refractivity contribution in [1.29, 1.82) is 0 Å². The van der Waals surface area contributed by atoms with Gasteiger partial charge in [0, 0.05) is 17.6 Å². The number of hydrogen-bond donors (Lipinski definition) is 2. The van der Waals surface area contributed by atoms with Crippen molar-refractivity contribution in [2.24, 2.45) is 5.92 Å². The van der Waals surface area contributed by atoms with Gasteiger partial charge in [-0.2, -0.15) is 0 Å². The molecule has 0 aliphatic carbocycles. The summed E-state index contributed by atoms with van der Waals surface area (Å²) in [5.74, 6) is 1.30. The molecule has 0 amide bonds. The van der Waals surface area contributed by atoms with Gasteiger partial charge < -0.3 is 15.2 Å². The smallest absolute Gasteiger partial charge is 0.123 e. The van der Waals surface area contributed by atoms with Crippen LogP contribution in [0.25, 0.3) is 0 Å². The second-order valence-corrected chi connectivity index (χ2v) is 5.17. The maximum Gasteiger partial charge on any atom is 0.123 e. The van der Waals surface area contributed by atoms with E-state index in [1.165, 1.54) is 5.56 Å². The summed E-state index contributed by atoms with van der Waals surface area (Å²) in [7, 11) is 1.69. The molecule has 0 spiro atoms. The first-order chi connectivity index (χ1) is 8.49. The molecule has 0 heterocycles. The zero-order chi connectivity index (χ0) is 13.7. The summed E-state index contributed by atoms with van der Waals surface area (Å²) >= 11 is 0. The number of aryl methyl sites for hydroxylation is 1. The fourth-order valence-electron chi connectivity index (χ4n) is 2.04. The van der Waals surface area contributed by atoms with Crippen molar-refractivity contribution in [3.05, 3.63) is 29.3 Å². The molecule has 102 valence electrons. The molecule has 0 radical (unpaired) electrons. The standard InChI is InChI=1S/C15H25NO2/c1-10(2)14(9-17)16-12(4)13-7-6-11(3)8-15(13)18-5/h6-8,10,12,14,16-17H,9H2,1-5H3/t12?,14-/m1/s1. The minimum absolute atomic E-state index is 0.103. The molecule has 2 atom stereocenters. The van der Waals surface area contributed by atoms with Gasteiger partial charge in [-0.1, -0.05) is 26.0 Å². The van der Waals surface area contributed by atoms with Crippen LogP contribution in [-0.4, -0.2) is 24.9 Å². The number of hydrogen-bond acceptors (Lipinski definition) is 3. The van der Waals surface area contributed by atoms with Gasteiger partial charge in [0.15, 0.2) is 0 Å². The Bertz CT molecular complexity index is 377. The Hall–Kier alpha value is -1.06. The highest BCUT2D eigenvalue weighted by Gasteiger charge is 2.18. The lowest BCUT2D eigenvalue weighted by Crippen LogP contribution is -2.38. The van der Waals surface area contributed by atoms with E-state index in [1.54, 1.807) is 7.11 Å². The Balaban J connectivity index is 2.86. The molecule has 0 aromatic heterocycles. The van der Waals surface area contributed by atoms with Gasteiger partial charge in [-0.05, 0) is 31.4 Å². The van der Waals surface area contributed by atoms with Crippen molar-refractivity contribution >= 4 is 0 Å². The van der Waals surface area contributed by atoms with Crippen molar-refractivity contribution in [1.82, 2.24) is 5.32 Å². The molecule has 0 fully saturated rings. The van der Waals surface area contributed by atoms with Crippen LogP contribution in [0.5, 0.6) is 5.75 Å². The minimum atomic E-state index is 0.103. The molecule has 0 bridgehead atoms. The highest BCUT2D eigenvalue weighted by molar-refractivity contribution is 5.39. The number of nitrogens with one attached hydrogen (secondary N) is 1. The predicted molar refractivity (Wildman–Crippen MR) is 75.0 cm³/mol. The summed E-state index contributed by atoms with van der Waals surface area (Å²) < 4.78 is 5.42. The molecular weight excluding hydrogens is 226 g/mol. The summed E-state index contributed by atoms with van der Waals surface area (Å²) in [5.41, 5.74) is 2.31. The molecule has 3 heteroatoms. The molecule has 18 heavy (non-hydrogen) atoms. The van der Waals surface area contributed by atoms with Crippen LogP contribution >= 0.6 is 0 Å². The lowest BCUT2D eigenvalue weighted by Gasteiger charge is -2.26. The third-order valence-corrected chi connectivity index (χ3v) is 3.32. The molecule has 3 nitrogen and oxygen atoms in total. The second-order valence-electron chi connectivity index (χ2n) is 5.17. The van der Waals surface area contributed by atoms with Crippen LogP contribution in [0.2, 0.25) is 0 Å². The number of aliphatic hydroxyl groups excluding tert-OH is 1. The fourth-order valence-corrected chi connectivity index (χ4v) is 2.04. The zero-order valence-electron chi connectivity index (χ0n) is 12.0. The van der Waals surface area contributed by atoms with E-state index in [0.717, 1.165) is 11.3 Å². The molecule has 0 aliphatic rings. The lowest BCUT2D eigenvalue weighted by molar-refractivity contribution is 0.200.